The van der Waals surface area contributed by atoms with E-state index >= 15 is 0 Å². The first-order valence-electron chi connectivity index (χ1n) is 9.87. The zero-order chi connectivity index (χ0) is 23.3. The summed E-state index contributed by atoms with van der Waals surface area (Å²) in [5.74, 6) is -4.47. The number of amides is 4. The van der Waals surface area contributed by atoms with E-state index in [0.717, 1.165) is 6.42 Å². The third-order valence-electron chi connectivity index (χ3n) is 4.56. The lowest BCUT2D eigenvalue weighted by atomic mass is 9.97. The molecule has 0 bridgehead atoms. The summed E-state index contributed by atoms with van der Waals surface area (Å²) in [7, 11) is 0. The van der Waals surface area contributed by atoms with Crippen molar-refractivity contribution in [2.24, 2.45) is 23.1 Å². The predicted molar refractivity (Wildman–Crippen MR) is 109 cm³/mol. The lowest BCUT2D eigenvalue weighted by Crippen LogP contribution is -2.55. The molecule has 4 amide bonds. The molecule has 0 aromatic heterocycles. The number of nitrogens with two attached hydrogens (primary N) is 3. The van der Waals surface area contributed by atoms with Gasteiger partial charge in [-0.1, -0.05) is 26.7 Å². The number of unbranched alkanes of at least 4 members (excludes halogenated alkanes) is 1. The van der Waals surface area contributed by atoms with Crippen LogP contribution in [0.1, 0.15) is 46.0 Å². The quantitative estimate of drug-likeness (QED) is 0.138. The lowest BCUT2D eigenvalue weighted by molar-refractivity contribution is -0.143. The predicted octanol–water partition coefficient (Wildman–Crippen LogP) is -2.47. The molecule has 0 aromatic rings. The van der Waals surface area contributed by atoms with E-state index in [9.17, 15) is 24.0 Å². The van der Waals surface area contributed by atoms with Gasteiger partial charge in [0.15, 0.2) is 0 Å². The highest BCUT2D eigenvalue weighted by Gasteiger charge is 2.28. The van der Waals surface area contributed by atoms with Crippen molar-refractivity contribution >= 4 is 29.6 Å². The minimum Gasteiger partial charge on any atom is -0.480 e. The van der Waals surface area contributed by atoms with Crippen molar-refractivity contribution in [1.82, 2.24) is 16.0 Å². The zero-order valence-electron chi connectivity index (χ0n) is 17.5. The largest absolute Gasteiger partial charge is 0.480 e. The number of aliphatic carboxylic acids is 1. The van der Waals surface area contributed by atoms with E-state index in [0.29, 0.717) is 25.8 Å². The molecule has 10 N–H and O–H groups in total. The van der Waals surface area contributed by atoms with Crippen LogP contribution >= 0.6 is 0 Å². The molecule has 0 aliphatic rings. The summed E-state index contributed by atoms with van der Waals surface area (Å²) in [6.07, 6.45) is 1.84. The number of hydrogen-bond donors (Lipinski definition) is 7. The van der Waals surface area contributed by atoms with E-state index < -0.39 is 60.7 Å². The zero-order valence-corrected chi connectivity index (χ0v) is 17.5. The Kier molecular flexibility index (Phi) is 13.0. The average Bonchev–Trinajstić information content (AvgIpc) is 2.68. The number of carbonyl (C=O) groups excluding carboxylic acids is 4. The molecule has 12 heteroatoms. The summed E-state index contributed by atoms with van der Waals surface area (Å²) in [5, 5.41) is 16.1. The number of nitrogens with one attached hydrogen (secondary N) is 3. The molecular formula is C18H34N6O6. The Morgan fingerprint density at radius 3 is 2.17 bits per heavy atom. The molecule has 0 fully saturated rings. The molecule has 12 nitrogen and oxygen atoms in total. The van der Waals surface area contributed by atoms with Crippen molar-refractivity contribution in [1.29, 1.82) is 0 Å². The van der Waals surface area contributed by atoms with Crippen LogP contribution in [0.4, 0.5) is 0 Å². The Bertz CT molecular complexity index is 614. The second-order valence-electron chi connectivity index (χ2n) is 7.11. The molecule has 172 valence electrons. The molecule has 0 rings (SSSR count). The number of rotatable bonds is 15. The highest BCUT2D eigenvalue weighted by Crippen LogP contribution is 2.09. The van der Waals surface area contributed by atoms with Gasteiger partial charge < -0.3 is 38.3 Å². The summed E-state index contributed by atoms with van der Waals surface area (Å²) in [6, 6.07) is -3.20. The van der Waals surface area contributed by atoms with Crippen molar-refractivity contribution in [2.75, 3.05) is 13.1 Å². The Labute approximate surface area is 175 Å². The lowest BCUT2D eigenvalue weighted by Gasteiger charge is -2.25. The molecule has 0 radical (unpaired) electrons. The minimum absolute atomic E-state index is 0.241. The number of carboxylic acids is 1. The standard InChI is InChI=1S/C18H34N6O6/c1-3-10(2)15(24-16(27)11(20)6-4-5-7-19)17(28)22-9-14(26)23-12(18(29)30)8-13(21)25/h10-12,15H,3-9,19-20H2,1-2H3,(H2,21,25)(H,22,28)(H,23,26)(H,24,27)(H,29,30). The van der Waals surface area contributed by atoms with Gasteiger partial charge in [0.2, 0.25) is 23.6 Å². The molecule has 4 atom stereocenters. The summed E-state index contributed by atoms with van der Waals surface area (Å²) in [5.41, 5.74) is 16.2. The van der Waals surface area contributed by atoms with Crippen molar-refractivity contribution in [3.63, 3.8) is 0 Å². The Balaban J connectivity index is 4.84. The van der Waals surface area contributed by atoms with Crippen LogP contribution in [0.25, 0.3) is 0 Å². The topological polar surface area (TPSA) is 220 Å². The number of carboxylic acid groups (broad SMARTS) is 1. The highest BCUT2D eigenvalue weighted by molar-refractivity contribution is 5.93. The minimum atomic E-state index is -1.50. The van der Waals surface area contributed by atoms with E-state index in [2.05, 4.69) is 16.0 Å². The molecule has 0 spiro atoms. The molecular weight excluding hydrogens is 396 g/mol. The smallest absolute Gasteiger partial charge is 0.326 e. The van der Waals surface area contributed by atoms with Gasteiger partial charge in [0.1, 0.15) is 12.1 Å². The number of primary amides is 1. The van der Waals surface area contributed by atoms with Crippen molar-refractivity contribution in [2.45, 2.75) is 64.1 Å². The van der Waals surface area contributed by atoms with E-state index in [-0.39, 0.29) is 5.92 Å². The van der Waals surface area contributed by atoms with Gasteiger partial charge >= 0.3 is 5.97 Å². The van der Waals surface area contributed by atoms with E-state index in [1.807, 2.05) is 6.92 Å². The SMILES string of the molecule is CCC(C)C(NC(=O)C(N)CCCCN)C(=O)NCC(=O)NC(CC(N)=O)C(=O)O. The Morgan fingerprint density at radius 2 is 1.67 bits per heavy atom. The fraction of sp³-hybridized carbons (Fsp3) is 0.722. The molecule has 0 saturated heterocycles. The third kappa shape index (κ3) is 10.7. The molecule has 4 unspecified atom stereocenters. The van der Waals surface area contributed by atoms with Crippen molar-refractivity contribution in [3.05, 3.63) is 0 Å². The molecule has 0 aliphatic heterocycles. The van der Waals surface area contributed by atoms with Gasteiger partial charge in [-0.15, -0.1) is 0 Å². The molecule has 30 heavy (non-hydrogen) atoms. The normalized spacial score (nSPS) is 14.7. The molecule has 0 aromatic carbocycles. The summed E-state index contributed by atoms with van der Waals surface area (Å²) >= 11 is 0. The highest BCUT2D eigenvalue weighted by atomic mass is 16.4. The first kappa shape index (κ1) is 27.3. The van der Waals surface area contributed by atoms with Gasteiger partial charge in [-0.25, -0.2) is 4.79 Å². The Hall–Kier alpha value is -2.73. The molecule has 0 saturated carbocycles. The number of carbonyl (C=O) groups is 5. The summed E-state index contributed by atoms with van der Waals surface area (Å²) < 4.78 is 0. The second kappa shape index (κ2) is 14.3. The fourth-order valence-electron chi connectivity index (χ4n) is 2.53. The van der Waals surface area contributed by atoms with Gasteiger partial charge in [0.05, 0.1) is 19.0 Å². The molecule has 0 aliphatic carbocycles. The van der Waals surface area contributed by atoms with Gasteiger partial charge in [-0.3, -0.25) is 19.2 Å². The summed E-state index contributed by atoms with van der Waals surface area (Å²) in [6.45, 7) is 3.56. The van der Waals surface area contributed by atoms with Crippen LogP contribution in [0, 0.1) is 5.92 Å². The first-order valence-corrected chi connectivity index (χ1v) is 9.87. The van der Waals surface area contributed by atoms with Gasteiger partial charge in [0.25, 0.3) is 0 Å². The third-order valence-corrected chi connectivity index (χ3v) is 4.56. The first-order chi connectivity index (χ1) is 14.0. The maximum atomic E-state index is 12.5. The van der Waals surface area contributed by atoms with Gasteiger partial charge in [-0.05, 0) is 25.3 Å². The van der Waals surface area contributed by atoms with Gasteiger partial charge in [0, 0.05) is 0 Å². The monoisotopic (exact) mass is 430 g/mol. The van der Waals surface area contributed by atoms with Crippen LogP contribution in [-0.4, -0.2) is 65.9 Å². The van der Waals surface area contributed by atoms with Crippen molar-refractivity contribution < 1.29 is 29.1 Å². The summed E-state index contributed by atoms with van der Waals surface area (Å²) in [4.78, 5) is 58.7. The fourth-order valence-corrected chi connectivity index (χ4v) is 2.53. The van der Waals surface area contributed by atoms with Crippen molar-refractivity contribution in [3.8, 4) is 0 Å². The van der Waals surface area contributed by atoms with Crippen LogP contribution in [0.3, 0.4) is 0 Å². The Morgan fingerprint density at radius 1 is 1.03 bits per heavy atom. The van der Waals surface area contributed by atoms with E-state index in [4.69, 9.17) is 22.3 Å². The maximum absolute atomic E-state index is 12.5. The van der Waals surface area contributed by atoms with E-state index in [1.165, 1.54) is 0 Å². The van der Waals surface area contributed by atoms with E-state index in [1.54, 1.807) is 6.92 Å². The second-order valence-corrected chi connectivity index (χ2v) is 7.11. The van der Waals surface area contributed by atoms with Crippen LogP contribution in [0.5, 0.6) is 0 Å². The van der Waals surface area contributed by atoms with Crippen LogP contribution in [-0.2, 0) is 24.0 Å². The van der Waals surface area contributed by atoms with Crippen LogP contribution in [0.2, 0.25) is 0 Å². The van der Waals surface area contributed by atoms with Crippen LogP contribution < -0.4 is 33.2 Å². The van der Waals surface area contributed by atoms with Crippen LogP contribution in [0.15, 0.2) is 0 Å². The number of hydrogen-bond acceptors (Lipinski definition) is 7. The average molecular weight is 431 g/mol. The molecule has 0 heterocycles. The maximum Gasteiger partial charge on any atom is 0.326 e. The van der Waals surface area contributed by atoms with Gasteiger partial charge in [-0.2, -0.15) is 0 Å².